The summed E-state index contributed by atoms with van der Waals surface area (Å²) < 4.78 is 10.9. The Labute approximate surface area is 192 Å². The van der Waals surface area contributed by atoms with Gasteiger partial charge in [-0.25, -0.2) is 0 Å². The highest BCUT2D eigenvalue weighted by Gasteiger charge is 2.19. The number of carbonyl (C=O) groups excluding carboxylic acids is 1. The topological polar surface area (TPSA) is 54.0 Å². The van der Waals surface area contributed by atoms with E-state index in [0.717, 1.165) is 50.6 Å². The second-order valence-corrected chi connectivity index (χ2v) is 8.61. The number of hydrogen-bond donors (Lipinski definition) is 1. The molecule has 0 atom stereocenters. The number of amides is 1. The average molecular weight is 440 g/mol. The van der Waals surface area contributed by atoms with Crippen LogP contribution < -0.4 is 14.8 Å². The number of fused-ring (bicyclic) bond motifs is 1. The summed E-state index contributed by atoms with van der Waals surface area (Å²) in [5, 5.41) is 3.06. The quantitative estimate of drug-likeness (QED) is 0.612. The van der Waals surface area contributed by atoms with Crippen LogP contribution in [-0.4, -0.2) is 62.1 Å². The van der Waals surface area contributed by atoms with Gasteiger partial charge in [0.15, 0.2) is 11.5 Å². The minimum absolute atomic E-state index is 0.0171. The number of ether oxygens (including phenoxy) is 2. The minimum Gasteiger partial charge on any atom is -0.493 e. The van der Waals surface area contributed by atoms with E-state index in [2.05, 4.69) is 60.2 Å². The normalized spacial score (nSPS) is 13.8. The van der Waals surface area contributed by atoms with Crippen LogP contribution in [0.2, 0.25) is 0 Å². The van der Waals surface area contributed by atoms with Gasteiger partial charge in [0, 0.05) is 44.3 Å². The smallest absolute Gasteiger partial charge is 0.251 e. The van der Waals surface area contributed by atoms with Gasteiger partial charge in [-0.2, -0.15) is 0 Å². The first-order chi connectivity index (χ1) is 15.4. The van der Waals surface area contributed by atoms with Crippen molar-refractivity contribution in [2.24, 2.45) is 0 Å². The van der Waals surface area contributed by atoms with E-state index in [0.29, 0.717) is 18.2 Å². The molecule has 1 N–H and O–H groups in total. The predicted octanol–water partition coefficient (Wildman–Crippen LogP) is 3.72. The highest BCUT2D eigenvalue weighted by Crippen LogP contribution is 2.33. The molecule has 3 rings (SSSR count). The van der Waals surface area contributed by atoms with Gasteiger partial charge in [0.2, 0.25) is 0 Å². The first-order valence-corrected chi connectivity index (χ1v) is 11.5. The fraction of sp³-hybridized carbons (Fsp3) is 0.500. The summed E-state index contributed by atoms with van der Waals surface area (Å²) in [6.45, 7) is 11.8. The first kappa shape index (κ1) is 24.1. The van der Waals surface area contributed by atoms with Crippen molar-refractivity contribution in [1.82, 2.24) is 15.1 Å². The van der Waals surface area contributed by atoms with E-state index < -0.39 is 0 Å². The van der Waals surface area contributed by atoms with Crippen LogP contribution in [0.5, 0.6) is 11.5 Å². The molecule has 0 aromatic heterocycles. The zero-order valence-corrected chi connectivity index (χ0v) is 20.1. The van der Waals surface area contributed by atoms with Crippen molar-refractivity contribution in [1.29, 1.82) is 0 Å². The summed E-state index contributed by atoms with van der Waals surface area (Å²) in [4.78, 5) is 17.3. The zero-order chi connectivity index (χ0) is 23.1. The van der Waals surface area contributed by atoms with Crippen molar-refractivity contribution in [3.8, 4) is 11.5 Å². The van der Waals surface area contributed by atoms with Gasteiger partial charge in [0.05, 0.1) is 14.2 Å². The number of methoxy groups -OCH3 is 2. The molecule has 0 saturated heterocycles. The molecule has 6 heteroatoms. The summed E-state index contributed by atoms with van der Waals surface area (Å²) in [6, 6.07) is 12.6. The minimum atomic E-state index is -0.0171. The predicted molar refractivity (Wildman–Crippen MR) is 129 cm³/mol. The second-order valence-electron chi connectivity index (χ2n) is 8.61. The molecule has 0 aliphatic carbocycles. The Bertz CT molecular complexity index is 896. The summed E-state index contributed by atoms with van der Waals surface area (Å²) in [5.74, 6) is 1.53. The van der Waals surface area contributed by atoms with Crippen LogP contribution in [0.15, 0.2) is 36.4 Å². The van der Waals surface area contributed by atoms with Crippen LogP contribution in [0.25, 0.3) is 0 Å². The third-order valence-electron chi connectivity index (χ3n) is 6.25. The number of benzene rings is 2. The SMILES string of the molecule is CCN(Cc1ccc(C(=O)NCCN2CCc3cc(OC)c(OC)cc3C2)cc1)C(C)C. The Kier molecular flexibility index (Phi) is 8.53. The molecule has 0 saturated carbocycles. The molecule has 6 nitrogen and oxygen atoms in total. The number of nitrogens with zero attached hydrogens (tertiary/aromatic N) is 2. The molecule has 0 spiro atoms. The van der Waals surface area contributed by atoms with E-state index in [4.69, 9.17) is 9.47 Å². The molecule has 1 heterocycles. The van der Waals surface area contributed by atoms with Crippen LogP contribution in [0, 0.1) is 0 Å². The molecule has 32 heavy (non-hydrogen) atoms. The van der Waals surface area contributed by atoms with Gasteiger partial charge in [-0.15, -0.1) is 0 Å². The van der Waals surface area contributed by atoms with Gasteiger partial charge in [-0.05, 0) is 67.8 Å². The summed E-state index contributed by atoms with van der Waals surface area (Å²) >= 11 is 0. The van der Waals surface area contributed by atoms with Crippen LogP contribution in [0.4, 0.5) is 0 Å². The number of nitrogens with one attached hydrogen (secondary N) is 1. The monoisotopic (exact) mass is 439 g/mol. The molecule has 1 amide bonds. The molecule has 1 aliphatic rings. The molecule has 0 bridgehead atoms. The Morgan fingerprint density at radius 1 is 1.09 bits per heavy atom. The lowest BCUT2D eigenvalue weighted by molar-refractivity contribution is 0.0947. The lowest BCUT2D eigenvalue weighted by Gasteiger charge is -2.29. The van der Waals surface area contributed by atoms with Crippen molar-refractivity contribution in [3.05, 3.63) is 58.7 Å². The average Bonchev–Trinajstić information content (AvgIpc) is 2.81. The van der Waals surface area contributed by atoms with Crippen molar-refractivity contribution in [3.63, 3.8) is 0 Å². The largest absolute Gasteiger partial charge is 0.493 e. The van der Waals surface area contributed by atoms with Gasteiger partial charge in [-0.3, -0.25) is 14.6 Å². The van der Waals surface area contributed by atoms with Gasteiger partial charge in [0.1, 0.15) is 0 Å². The Morgan fingerprint density at radius 3 is 2.34 bits per heavy atom. The van der Waals surface area contributed by atoms with Gasteiger partial charge < -0.3 is 14.8 Å². The molecule has 2 aromatic rings. The maximum Gasteiger partial charge on any atom is 0.251 e. The second kappa shape index (κ2) is 11.3. The number of hydrogen-bond acceptors (Lipinski definition) is 5. The molecule has 1 aliphatic heterocycles. The Morgan fingerprint density at radius 2 is 1.75 bits per heavy atom. The lowest BCUT2D eigenvalue weighted by atomic mass is 9.99. The van der Waals surface area contributed by atoms with Crippen molar-refractivity contribution < 1.29 is 14.3 Å². The van der Waals surface area contributed by atoms with Crippen LogP contribution in [-0.2, 0) is 19.5 Å². The molecular formula is C26H37N3O3. The molecule has 2 aromatic carbocycles. The van der Waals surface area contributed by atoms with E-state index in [-0.39, 0.29) is 5.91 Å². The van der Waals surface area contributed by atoms with Gasteiger partial charge >= 0.3 is 0 Å². The molecule has 0 radical (unpaired) electrons. The molecule has 0 fully saturated rings. The Hall–Kier alpha value is -2.57. The van der Waals surface area contributed by atoms with Crippen molar-refractivity contribution in [2.45, 2.75) is 46.3 Å². The summed E-state index contributed by atoms with van der Waals surface area (Å²) in [7, 11) is 3.33. The van der Waals surface area contributed by atoms with Crippen LogP contribution >= 0.6 is 0 Å². The highest BCUT2D eigenvalue weighted by atomic mass is 16.5. The maximum absolute atomic E-state index is 12.6. The van der Waals surface area contributed by atoms with E-state index in [1.807, 2.05) is 12.1 Å². The fourth-order valence-corrected chi connectivity index (χ4v) is 4.22. The Balaban J connectivity index is 1.49. The van der Waals surface area contributed by atoms with Crippen molar-refractivity contribution >= 4 is 5.91 Å². The number of carbonyl (C=O) groups is 1. The third-order valence-corrected chi connectivity index (χ3v) is 6.25. The first-order valence-electron chi connectivity index (χ1n) is 11.5. The van der Waals surface area contributed by atoms with Gasteiger partial charge in [0.25, 0.3) is 5.91 Å². The number of rotatable bonds is 10. The highest BCUT2D eigenvalue weighted by molar-refractivity contribution is 5.94. The maximum atomic E-state index is 12.6. The van der Waals surface area contributed by atoms with E-state index >= 15 is 0 Å². The lowest BCUT2D eigenvalue weighted by Crippen LogP contribution is -2.37. The van der Waals surface area contributed by atoms with Crippen LogP contribution in [0.3, 0.4) is 0 Å². The zero-order valence-electron chi connectivity index (χ0n) is 20.1. The van der Waals surface area contributed by atoms with Crippen LogP contribution in [0.1, 0.15) is 47.8 Å². The third kappa shape index (κ3) is 6.02. The van der Waals surface area contributed by atoms with E-state index in [9.17, 15) is 4.79 Å². The molecule has 174 valence electrons. The van der Waals surface area contributed by atoms with E-state index in [1.165, 1.54) is 16.7 Å². The summed E-state index contributed by atoms with van der Waals surface area (Å²) in [5.41, 5.74) is 4.51. The molecular weight excluding hydrogens is 402 g/mol. The molecule has 0 unspecified atom stereocenters. The van der Waals surface area contributed by atoms with E-state index in [1.54, 1.807) is 14.2 Å². The van der Waals surface area contributed by atoms with Crippen molar-refractivity contribution in [2.75, 3.05) is 40.4 Å². The van der Waals surface area contributed by atoms with Gasteiger partial charge in [-0.1, -0.05) is 19.1 Å². The standard InChI is InChI=1S/C26H37N3O3/c1-6-29(19(2)3)17-20-7-9-21(10-8-20)26(30)27-12-14-28-13-11-22-15-24(31-4)25(32-5)16-23(22)18-28/h7-10,15-16,19H,6,11-14,17-18H2,1-5H3,(H,27,30). The summed E-state index contributed by atoms with van der Waals surface area (Å²) in [6.07, 6.45) is 0.969. The fourth-order valence-electron chi connectivity index (χ4n) is 4.22.